The van der Waals surface area contributed by atoms with Gasteiger partial charge in [0, 0.05) is 12.1 Å². The molecule has 7 heteroatoms. The van der Waals surface area contributed by atoms with Gasteiger partial charge in [-0.3, -0.25) is 9.59 Å². The zero-order valence-corrected chi connectivity index (χ0v) is 17.0. The van der Waals surface area contributed by atoms with Gasteiger partial charge in [-0.25, -0.2) is 4.79 Å². The summed E-state index contributed by atoms with van der Waals surface area (Å²) in [7, 11) is 1.27. The van der Waals surface area contributed by atoms with Gasteiger partial charge in [0.15, 0.2) is 0 Å². The molecule has 0 aliphatic carbocycles. The number of carbonyl (C=O) groups is 3. The number of carbonyl (C=O) groups excluding carboxylic acids is 3. The fourth-order valence-corrected chi connectivity index (χ4v) is 3.82. The first kappa shape index (κ1) is 20.6. The largest absolute Gasteiger partial charge is 0.465 e. The Morgan fingerprint density at radius 3 is 2.41 bits per heavy atom. The highest BCUT2D eigenvalue weighted by atomic mass is 32.1. The number of thiophene rings is 1. The number of methoxy groups -OCH3 is 1. The number of nitrogens with one attached hydrogen (secondary N) is 2. The molecule has 0 unspecified atom stereocenters. The molecule has 0 spiro atoms. The lowest BCUT2D eigenvalue weighted by Crippen LogP contribution is -2.14. The van der Waals surface area contributed by atoms with Crippen LogP contribution in [0.2, 0.25) is 0 Å². The Morgan fingerprint density at radius 1 is 1.11 bits per heavy atom. The Kier molecular flexibility index (Phi) is 6.74. The van der Waals surface area contributed by atoms with E-state index >= 15 is 0 Å². The van der Waals surface area contributed by atoms with Gasteiger partial charge in [0.2, 0.25) is 5.91 Å². The average Bonchev–Trinajstić information content (AvgIpc) is 2.93. The fraction of sp³-hybridized carbons (Fsp3) is 0.350. The molecule has 0 atom stereocenters. The molecule has 2 aromatic rings. The molecule has 2 amide bonds. The third-order valence-corrected chi connectivity index (χ3v) is 5.31. The van der Waals surface area contributed by atoms with Gasteiger partial charge in [0.25, 0.3) is 5.91 Å². The highest BCUT2D eigenvalue weighted by Crippen LogP contribution is 2.34. The molecule has 0 saturated carbocycles. The lowest BCUT2D eigenvalue weighted by Gasteiger charge is -2.08. The Morgan fingerprint density at radius 2 is 1.81 bits per heavy atom. The van der Waals surface area contributed by atoms with Crippen LogP contribution in [0.1, 0.15) is 56.5 Å². The summed E-state index contributed by atoms with van der Waals surface area (Å²) >= 11 is 1.08. The van der Waals surface area contributed by atoms with Gasteiger partial charge in [0.1, 0.15) is 5.00 Å². The Balaban J connectivity index is 2.37. The number of esters is 1. The first-order chi connectivity index (χ1) is 12.8. The van der Waals surface area contributed by atoms with E-state index in [9.17, 15) is 14.4 Å². The Hall–Kier alpha value is -2.67. The summed E-state index contributed by atoms with van der Waals surface area (Å²) in [5.74, 6) is -1.11. The van der Waals surface area contributed by atoms with Crippen LogP contribution in [0, 0.1) is 20.8 Å². The monoisotopic (exact) mass is 388 g/mol. The average molecular weight is 388 g/mol. The molecule has 27 heavy (non-hydrogen) atoms. The van der Waals surface area contributed by atoms with Crippen molar-refractivity contribution in [2.75, 3.05) is 17.7 Å². The highest BCUT2D eigenvalue weighted by molar-refractivity contribution is 7.18. The van der Waals surface area contributed by atoms with Crippen LogP contribution in [-0.4, -0.2) is 24.9 Å². The molecule has 1 aromatic carbocycles. The minimum absolute atomic E-state index is 0.203. The van der Waals surface area contributed by atoms with Crippen molar-refractivity contribution >= 4 is 39.8 Å². The van der Waals surface area contributed by atoms with Gasteiger partial charge in [-0.15, -0.1) is 11.3 Å². The van der Waals surface area contributed by atoms with E-state index < -0.39 is 5.97 Å². The molecule has 2 rings (SSSR count). The van der Waals surface area contributed by atoms with Crippen molar-refractivity contribution in [3.05, 3.63) is 45.3 Å². The lowest BCUT2D eigenvalue weighted by atomic mass is 10.1. The van der Waals surface area contributed by atoms with E-state index in [1.54, 1.807) is 6.92 Å². The number of aryl methyl sites for hydroxylation is 2. The van der Waals surface area contributed by atoms with Gasteiger partial charge < -0.3 is 15.4 Å². The summed E-state index contributed by atoms with van der Waals surface area (Å²) in [5, 5.41) is 5.94. The molecule has 1 aromatic heterocycles. The smallest absolute Gasteiger partial charge is 0.341 e. The molecule has 0 bridgehead atoms. The maximum absolute atomic E-state index is 12.8. The van der Waals surface area contributed by atoms with Crippen molar-refractivity contribution in [3.8, 4) is 0 Å². The highest BCUT2D eigenvalue weighted by Gasteiger charge is 2.26. The molecular weight excluding hydrogens is 364 g/mol. The summed E-state index contributed by atoms with van der Waals surface area (Å²) < 4.78 is 4.83. The number of rotatable bonds is 6. The van der Waals surface area contributed by atoms with Crippen molar-refractivity contribution in [2.45, 2.75) is 40.5 Å². The second kappa shape index (κ2) is 8.81. The second-order valence-electron chi connectivity index (χ2n) is 6.32. The van der Waals surface area contributed by atoms with Crippen molar-refractivity contribution in [2.24, 2.45) is 0 Å². The van der Waals surface area contributed by atoms with Crippen molar-refractivity contribution in [1.82, 2.24) is 0 Å². The van der Waals surface area contributed by atoms with Crippen LogP contribution < -0.4 is 10.6 Å². The molecule has 0 radical (unpaired) electrons. The van der Waals surface area contributed by atoms with E-state index in [1.165, 1.54) is 7.11 Å². The topological polar surface area (TPSA) is 84.5 Å². The van der Waals surface area contributed by atoms with E-state index in [4.69, 9.17) is 4.74 Å². The van der Waals surface area contributed by atoms with Gasteiger partial charge in [-0.1, -0.05) is 24.6 Å². The number of benzene rings is 1. The third kappa shape index (κ3) is 4.74. The van der Waals surface area contributed by atoms with Gasteiger partial charge in [-0.05, 0) is 44.4 Å². The zero-order valence-electron chi connectivity index (χ0n) is 16.2. The summed E-state index contributed by atoms with van der Waals surface area (Å²) in [6, 6.07) is 5.74. The molecule has 0 aliphatic heterocycles. The van der Waals surface area contributed by atoms with Gasteiger partial charge in [0.05, 0.1) is 17.6 Å². The summed E-state index contributed by atoms with van der Waals surface area (Å²) in [5.41, 5.74) is 3.46. The number of anilines is 2. The molecule has 0 saturated heterocycles. The predicted molar refractivity (Wildman–Crippen MR) is 108 cm³/mol. The Labute approximate surface area is 162 Å². The summed E-state index contributed by atoms with van der Waals surface area (Å²) in [6.07, 6.45) is 1.02. The number of amides is 2. The predicted octanol–water partition coefficient (Wildman–Crippen LogP) is 4.45. The van der Waals surface area contributed by atoms with Crippen LogP contribution in [0.5, 0.6) is 0 Å². The molecular formula is C20H24N2O4S. The molecule has 2 N–H and O–H groups in total. The van der Waals surface area contributed by atoms with Crippen molar-refractivity contribution in [3.63, 3.8) is 0 Å². The standard InChI is InChI=1S/C20H24N2O4S/c1-6-7-15(23)22-19-16(20(25)26-5)13(4)17(27-19)18(24)21-14-9-8-11(2)10-12(14)3/h8-10H,6-7H2,1-5H3,(H,21,24)(H,22,23). The van der Waals surface area contributed by atoms with Gasteiger partial charge in [-0.2, -0.15) is 0 Å². The normalized spacial score (nSPS) is 10.4. The molecule has 0 fully saturated rings. The number of hydrogen-bond acceptors (Lipinski definition) is 5. The van der Waals surface area contributed by atoms with Gasteiger partial charge >= 0.3 is 5.97 Å². The van der Waals surface area contributed by atoms with Crippen molar-refractivity contribution in [1.29, 1.82) is 0 Å². The molecule has 1 heterocycles. The van der Waals surface area contributed by atoms with Crippen LogP contribution in [0.15, 0.2) is 18.2 Å². The first-order valence-corrected chi connectivity index (χ1v) is 9.50. The lowest BCUT2D eigenvalue weighted by molar-refractivity contribution is -0.116. The Bertz CT molecular complexity index is 886. The maximum Gasteiger partial charge on any atom is 0.341 e. The quantitative estimate of drug-likeness (QED) is 0.716. The summed E-state index contributed by atoms with van der Waals surface area (Å²) in [4.78, 5) is 37.3. The third-order valence-electron chi connectivity index (χ3n) is 4.10. The van der Waals surface area contributed by atoms with E-state index in [0.29, 0.717) is 34.0 Å². The van der Waals surface area contributed by atoms with Crippen molar-refractivity contribution < 1.29 is 19.1 Å². The number of hydrogen-bond donors (Lipinski definition) is 2. The molecule has 6 nitrogen and oxygen atoms in total. The van der Waals surface area contributed by atoms with Crippen LogP contribution >= 0.6 is 11.3 Å². The van der Waals surface area contributed by atoms with Crippen LogP contribution in [-0.2, 0) is 9.53 Å². The molecule has 144 valence electrons. The number of ether oxygens (including phenoxy) is 1. The van der Waals surface area contributed by atoms with Crippen LogP contribution in [0.25, 0.3) is 0 Å². The minimum Gasteiger partial charge on any atom is -0.465 e. The minimum atomic E-state index is -0.582. The zero-order chi connectivity index (χ0) is 20.1. The fourth-order valence-electron chi connectivity index (χ4n) is 2.72. The second-order valence-corrected chi connectivity index (χ2v) is 7.34. The van der Waals surface area contributed by atoms with E-state index in [0.717, 1.165) is 22.5 Å². The maximum atomic E-state index is 12.8. The van der Waals surface area contributed by atoms with Crippen LogP contribution in [0.3, 0.4) is 0 Å². The SMILES string of the molecule is CCCC(=O)Nc1sc(C(=O)Nc2ccc(C)cc2C)c(C)c1C(=O)OC. The summed E-state index contributed by atoms with van der Waals surface area (Å²) in [6.45, 7) is 7.47. The van der Waals surface area contributed by atoms with E-state index in [2.05, 4.69) is 10.6 Å². The molecule has 0 aliphatic rings. The first-order valence-electron chi connectivity index (χ1n) is 8.68. The van der Waals surface area contributed by atoms with E-state index in [-0.39, 0.29) is 17.4 Å². The van der Waals surface area contributed by atoms with E-state index in [1.807, 2.05) is 39.0 Å². The van der Waals surface area contributed by atoms with Crippen LogP contribution in [0.4, 0.5) is 10.7 Å².